The third-order valence-corrected chi connectivity index (χ3v) is 8.99. The topological polar surface area (TPSA) is 73.4 Å². The summed E-state index contributed by atoms with van der Waals surface area (Å²) in [6, 6.07) is 23.7. The third kappa shape index (κ3) is 5.20. The van der Waals surface area contributed by atoms with E-state index >= 15 is 0 Å². The number of carbonyl (C=O) groups excluding carboxylic acids is 1. The van der Waals surface area contributed by atoms with E-state index in [4.69, 9.17) is 4.74 Å². The molecule has 8 nitrogen and oxygen atoms in total. The standard InChI is InChI=1S/C28H32N4O4S/c1-29-18-20-31(21-19-29)24-12-14-25(15-13-24)37(34,35)32-17-16-22-8-6-7-11-26(22)27(32)36-28(33)30(2)23-9-4-3-5-10-23/h3-15,27H,16-21H2,1-2H3. The van der Waals surface area contributed by atoms with Crippen LogP contribution in [-0.4, -0.2) is 70.5 Å². The summed E-state index contributed by atoms with van der Waals surface area (Å²) < 4.78 is 34.9. The Hall–Kier alpha value is -3.40. The lowest BCUT2D eigenvalue weighted by atomic mass is 10.00. The number of para-hydroxylation sites is 1. The summed E-state index contributed by atoms with van der Waals surface area (Å²) >= 11 is 0. The van der Waals surface area contributed by atoms with Crippen molar-refractivity contribution in [3.63, 3.8) is 0 Å². The molecule has 1 amide bonds. The van der Waals surface area contributed by atoms with Gasteiger partial charge in [0.05, 0.1) is 4.90 Å². The molecule has 194 valence electrons. The Labute approximate surface area is 218 Å². The number of fused-ring (bicyclic) bond motifs is 1. The summed E-state index contributed by atoms with van der Waals surface area (Å²) in [5.74, 6) is 0. The molecule has 2 aliphatic rings. The number of benzene rings is 3. The highest BCUT2D eigenvalue weighted by Gasteiger charge is 2.39. The van der Waals surface area contributed by atoms with E-state index in [1.807, 2.05) is 54.6 Å². The minimum Gasteiger partial charge on any atom is -0.424 e. The molecule has 0 aromatic heterocycles. The van der Waals surface area contributed by atoms with Crippen molar-refractivity contribution in [1.29, 1.82) is 0 Å². The van der Waals surface area contributed by atoms with Gasteiger partial charge in [0.25, 0.3) is 0 Å². The molecule has 9 heteroatoms. The summed E-state index contributed by atoms with van der Waals surface area (Å²) in [4.78, 5) is 19.3. The molecule has 37 heavy (non-hydrogen) atoms. The van der Waals surface area contributed by atoms with Crippen LogP contribution in [0.4, 0.5) is 16.2 Å². The van der Waals surface area contributed by atoms with Crippen molar-refractivity contribution >= 4 is 27.5 Å². The van der Waals surface area contributed by atoms with Crippen molar-refractivity contribution in [2.75, 3.05) is 56.6 Å². The molecule has 1 saturated heterocycles. The van der Waals surface area contributed by atoms with E-state index in [2.05, 4.69) is 16.8 Å². The van der Waals surface area contributed by atoms with E-state index in [0.717, 1.165) is 37.4 Å². The summed E-state index contributed by atoms with van der Waals surface area (Å²) in [6.45, 7) is 3.96. The molecule has 2 aliphatic heterocycles. The quantitative estimate of drug-likeness (QED) is 0.507. The van der Waals surface area contributed by atoms with Gasteiger partial charge < -0.3 is 14.5 Å². The van der Waals surface area contributed by atoms with Gasteiger partial charge in [0.15, 0.2) is 6.23 Å². The van der Waals surface area contributed by atoms with Gasteiger partial charge in [0, 0.05) is 56.7 Å². The van der Waals surface area contributed by atoms with Crippen molar-refractivity contribution < 1.29 is 17.9 Å². The van der Waals surface area contributed by atoms with Crippen molar-refractivity contribution in [2.24, 2.45) is 0 Å². The molecular formula is C28H32N4O4S. The molecule has 1 atom stereocenters. The van der Waals surface area contributed by atoms with Crippen LogP contribution in [0.5, 0.6) is 0 Å². The SMILES string of the molecule is CN1CCN(c2ccc(S(=O)(=O)N3CCc4ccccc4C3OC(=O)N(C)c3ccccc3)cc2)CC1. The van der Waals surface area contributed by atoms with Gasteiger partial charge in [-0.3, -0.25) is 4.90 Å². The number of nitrogens with zero attached hydrogens (tertiary/aromatic N) is 4. The number of carbonyl (C=O) groups is 1. The number of hydrogen-bond donors (Lipinski definition) is 0. The molecule has 0 bridgehead atoms. The maximum absolute atomic E-state index is 13.9. The molecule has 0 N–H and O–H groups in total. The van der Waals surface area contributed by atoms with Crippen molar-refractivity contribution in [3.05, 3.63) is 90.0 Å². The zero-order chi connectivity index (χ0) is 26.0. The van der Waals surface area contributed by atoms with Crippen molar-refractivity contribution in [3.8, 4) is 0 Å². The molecule has 0 aliphatic carbocycles. The number of hydrogen-bond acceptors (Lipinski definition) is 6. The van der Waals surface area contributed by atoms with Crippen LogP contribution in [-0.2, 0) is 21.2 Å². The first-order valence-corrected chi connectivity index (χ1v) is 13.9. The summed E-state index contributed by atoms with van der Waals surface area (Å²) in [6.07, 6.45) is -1.15. The highest BCUT2D eigenvalue weighted by molar-refractivity contribution is 7.89. The first kappa shape index (κ1) is 25.3. The summed E-state index contributed by atoms with van der Waals surface area (Å²) in [5, 5.41) is 0. The Morgan fingerprint density at radius 3 is 2.22 bits per heavy atom. The molecule has 2 heterocycles. The number of anilines is 2. The van der Waals surface area contributed by atoms with Crippen LogP contribution in [0.3, 0.4) is 0 Å². The maximum Gasteiger partial charge on any atom is 0.415 e. The van der Waals surface area contributed by atoms with E-state index in [1.54, 1.807) is 31.3 Å². The van der Waals surface area contributed by atoms with Gasteiger partial charge in [-0.25, -0.2) is 13.2 Å². The van der Waals surface area contributed by atoms with Gasteiger partial charge in [0.2, 0.25) is 10.0 Å². The Morgan fingerprint density at radius 1 is 0.865 bits per heavy atom. The molecule has 1 fully saturated rings. The second-order valence-electron chi connectivity index (χ2n) is 9.48. The van der Waals surface area contributed by atoms with Crippen molar-refractivity contribution in [1.82, 2.24) is 9.21 Å². The van der Waals surface area contributed by atoms with Crippen LogP contribution in [0.2, 0.25) is 0 Å². The number of ether oxygens (including phenoxy) is 1. The van der Waals surface area contributed by atoms with E-state index in [0.29, 0.717) is 17.7 Å². The molecular weight excluding hydrogens is 488 g/mol. The first-order chi connectivity index (χ1) is 17.8. The lowest BCUT2D eigenvalue weighted by Gasteiger charge is -2.36. The molecule has 0 radical (unpaired) electrons. The Kier molecular flexibility index (Phi) is 7.19. The van der Waals surface area contributed by atoms with E-state index in [-0.39, 0.29) is 11.4 Å². The second kappa shape index (κ2) is 10.5. The molecule has 5 rings (SSSR count). The second-order valence-corrected chi connectivity index (χ2v) is 11.4. The average Bonchev–Trinajstić information content (AvgIpc) is 2.93. The predicted molar refractivity (Wildman–Crippen MR) is 144 cm³/mol. The fraction of sp³-hybridized carbons (Fsp3) is 0.321. The zero-order valence-electron chi connectivity index (χ0n) is 21.2. The van der Waals surface area contributed by atoms with Crippen LogP contribution >= 0.6 is 0 Å². The van der Waals surface area contributed by atoms with Crippen LogP contribution in [0.25, 0.3) is 0 Å². The van der Waals surface area contributed by atoms with Gasteiger partial charge in [-0.05, 0) is 55.4 Å². The fourth-order valence-electron chi connectivity index (χ4n) is 4.83. The van der Waals surface area contributed by atoms with E-state index in [9.17, 15) is 13.2 Å². The lowest BCUT2D eigenvalue weighted by Crippen LogP contribution is -2.44. The summed E-state index contributed by atoms with van der Waals surface area (Å²) in [7, 11) is -0.220. The number of piperazine rings is 1. The third-order valence-electron chi connectivity index (χ3n) is 7.13. The Bertz CT molecular complexity index is 1340. The van der Waals surface area contributed by atoms with Gasteiger partial charge in [-0.2, -0.15) is 4.31 Å². The average molecular weight is 521 g/mol. The van der Waals surface area contributed by atoms with Gasteiger partial charge in [0.1, 0.15) is 0 Å². The number of sulfonamides is 1. The first-order valence-electron chi connectivity index (χ1n) is 12.5. The van der Waals surface area contributed by atoms with Gasteiger partial charge in [-0.1, -0.05) is 42.5 Å². The molecule has 1 unspecified atom stereocenters. The molecule has 0 saturated carbocycles. The monoisotopic (exact) mass is 520 g/mol. The smallest absolute Gasteiger partial charge is 0.415 e. The van der Waals surface area contributed by atoms with Gasteiger partial charge >= 0.3 is 6.09 Å². The summed E-state index contributed by atoms with van der Waals surface area (Å²) in [5.41, 5.74) is 3.31. The number of amides is 1. The van der Waals surface area contributed by atoms with Crippen LogP contribution in [0.1, 0.15) is 17.4 Å². The fourth-order valence-corrected chi connectivity index (χ4v) is 6.33. The highest BCUT2D eigenvalue weighted by Crippen LogP contribution is 2.36. The maximum atomic E-state index is 13.9. The number of rotatable bonds is 5. The minimum atomic E-state index is -3.94. The predicted octanol–water partition coefficient (Wildman–Crippen LogP) is 3.96. The minimum absolute atomic E-state index is 0.183. The van der Waals surface area contributed by atoms with E-state index < -0.39 is 22.3 Å². The zero-order valence-corrected chi connectivity index (χ0v) is 22.0. The molecule has 0 spiro atoms. The van der Waals surface area contributed by atoms with E-state index in [1.165, 1.54) is 9.21 Å². The van der Waals surface area contributed by atoms with Crippen LogP contribution in [0.15, 0.2) is 83.8 Å². The van der Waals surface area contributed by atoms with Crippen LogP contribution < -0.4 is 9.80 Å². The molecule has 3 aromatic rings. The van der Waals surface area contributed by atoms with Crippen molar-refractivity contribution in [2.45, 2.75) is 17.5 Å². The largest absolute Gasteiger partial charge is 0.424 e. The normalized spacial score (nSPS) is 18.8. The molecule has 3 aromatic carbocycles. The van der Waals surface area contributed by atoms with Crippen LogP contribution in [0, 0.1) is 0 Å². The lowest BCUT2D eigenvalue weighted by molar-refractivity contribution is 0.0287. The Balaban J connectivity index is 1.42. The Morgan fingerprint density at radius 2 is 1.51 bits per heavy atom. The van der Waals surface area contributed by atoms with Gasteiger partial charge in [-0.15, -0.1) is 0 Å². The highest BCUT2D eigenvalue weighted by atomic mass is 32.2. The number of likely N-dealkylation sites (N-methyl/N-ethyl adjacent to an activating group) is 1.